The van der Waals surface area contributed by atoms with Gasteiger partial charge in [-0.2, -0.15) is 0 Å². The Labute approximate surface area is 162 Å². The SMILES string of the molecule is Cc1occc1C(=O)NC1CCN(Cc2nnc(-c3ccccc3)s2)CC1. The van der Waals surface area contributed by atoms with E-state index in [-0.39, 0.29) is 11.9 Å². The minimum Gasteiger partial charge on any atom is -0.469 e. The zero-order chi connectivity index (χ0) is 18.6. The molecule has 0 atom stereocenters. The number of hydrogen-bond donors (Lipinski definition) is 1. The molecule has 0 radical (unpaired) electrons. The van der Waals surface area contributed by atoms with Gasteiger partial charge in [-0.25, -0.2) is 0 Å². The molecule has 1 N–H and O–H groups in total. The van der Waals surface area contributed by atoms with Crippen molar-refractivity contribution in [1.29, 1.82) is 0 Å². The molecule has 0 saturated carbocycles. The van der Waals surface area contributed by atoms with E-state index < -0.39 is 0 Å². The van der Waals surface area contributed by atoms with E-state index in [1.54, 1.807) is 23.7 Å². The standard InChI is InChI=1S/C20H22N4O2S/c1-14-17(9-12-26-14)19(25)21-16-7-10-24(11-8-16)13-18-22-23-20(27-18)15-5-3-2-4-6-15/h2-6,9,12,16H,7-8,10-11,13H2,1H3,(H,21,25). The molecule has 2 aromatic heterocycles. The van der Waals surface area contributed by atoms with Gasteiger partial charge in [0.05, 0.1) is 18.4 Å². The fourth-order valence-corrected chi connectivity index (χ4v) is 4.21. The number of nitrogens with one attached hydrogen (secondary N) is 1. The Morgan fingerprint density at radius 1 is 1.22 bits per heavy atom. The zero-order valence-corrected chi connectivity index (χ0v) is 16.0. The molecule has 4 rings (SSSR count). The number of likely N-dealkylation sites (tertiary alicyclic amines) is 1. The molecule has 0 unspecified atom stereocenters. The first-order valence-electron chi connectivity index (χ1n) is 9.14. The lowest BCUT2D eigenvalue weighted by molar-refractivity contribution is 0.0907. The van der Waals surface area contributed by atoms with E-state index in [1.807, 2.05) is 25.1 Å². The Hall–Kier alpha value is -2.51. The van der Waals surface area contributed by atoms with Crippen LogP contribution in [-0.4, -0.2) is 40.1 Å². The molecule has 1 aromatic carbocycles. The molecule has 6 nitrogen and oxygen atoms in total. The summed E-state index contributed by atoms with van der Waals surface area (Å²) in [5.41, 5.74) is 1.73. The van der Waals surface area contributed by atoms with Gasteiger partial charge >= 0.3 is 0 Å². The Morgan fingerprint density at radius 2 is 2.00 bits per heavy atom. The largest absolute Gasteiger partial charge is 0.469 e. The Bertz CT molecular complexity index is 898. The maximum absolute atomic E-state index is 12.3. The van der Waals surface area contributed by atoms with Crippen LogP contribution in [0.1, 0.15) is 34.0 Å². The number of aryl methyl sites for hydroxylation is 1. The molecule has 1 saturated heterocycles. The smallest absolute Gasteiger partial charge is 0.255 e. The summed E-state index contributed by atoms with van der Waals surface area (Å²) in [6.07, 6.45) is 3.43. The van der Waals surface area contributed by atoms with E-state index in [2.05, 4.69) is 32.5 Å². The van der Waals surface area contributed by atoms with E-state index in [4.69, 9.17) is 4.42 Å². The molecule has 1 fully saturated rings. The van der Waals surface area contributed by atoms with Crippen molar-refractivity contribution in [2.45, 2.75) is 32.4 Å². The fraction of sp³-hybridized carbons (Fsp3) is 0.350. The minimum atomic E-state index is -0.0451. The molecule has 1 aliphatic rings. The summed E-state index contributed by atoms with van der Waals surface area (Å²) in [5, 5.41) is 13.8. The van der Waals surface area contributed by atoms with E-state index in [1.165, 1.54) is 0 Å². The molecule has 0 bridgehead atoms. The second-order valence-corrected chi connectivity index (χ2v) is 7.84. The average molecular weight is 382 g/mol. The van der Waals surface area contributed by atoms with Crippen LogP contribution in [0.2, 0.25) is 0 Å². The molecular formula is C20H22N4O2S. The highest BCUT2D eigenvalue weighted by Crippen LogP contribution is 2.24. The lowest BCUT2D eigenvalue weighted by Gasteiger charge is -2.31. The van der Waals surface area contributed by atoms with Crippen LogP contribution in [-0.2, 0) is 6.54 Å². The van der Waals surface area contributed by atoms with Gasteiger partial charge in [0, 0.05) is 24.7 Å². The highest BCUT2D eigenvalue weighted by Gasteiger charge is 2.23. The Morgan fingerprint density at radius 3 is 2.70 bits per heavy atom. The second-order valence-electron chi connectivity index (χ2n) is 6.78. The van der Waals surface area contributed by atoms with E-state index >= 15 is 0 Å². The summed E-state index contributed by atoms with van der Waals surface area (Å²) in [7, 11) is 0. The molecule has 3 aromatic rings. The summed E-state index contributed by atoms with van der Waals surface area (Å²) < 4.78 is 5.21. The number of carbonyl (C=O) groups is 1. The van der Waals surface area contributed by atoms with Crippen LogP contribution in [0.4, 0.5) is 0 Å². The number of hydrogen-bond acceptors (Lipinski definition) is 6. The van der Waals surface area contributed by atoms with Crippen molar-refractivity contribution in [2.75, 3.05) is 13.1 Å². The molecule has 1 amide bonds. The van der Waals surface area contributed by atoms with Crippen molar-refractivity contribution in [2.24, 2.45) is 0 Å². The molecule has 27 heavy (non-hydrogen) atoms. The first kappa shape index (κ1) is 17.9. The third kappa shape index (κ3) is 4.26. The average Bonchev–Trinajstić information content (AvgIpc) is 3.33. The number of furan rings is 1. The number of piperidine rings is 1. The molecule has 1 aliphatic heterocycles. The van der Waals surface area contributed by atoms with Gasteiger partial charge in [0.15, 0.2) is 0 Å². The van der Waals surface area contributed by atoms with Crippen molar-refractivity contribution in [3.05, 3.63) is 59.0 Å². The van der Waals surface area contributed by atoms with Crippen LogP contribution in [0.3, 0.4) is 0 Å². The molecule has 140 valence electrons. The van der Waals surface area contributed by atoms with Gasteiger partial charge in [0.1, 0.15) is 15.8 Å². The van der Waals surface area contributed by atoms with Crippen LogP contribution in [0, 0.1) is 6.92 Å². The maximum Gasteiger partial charge on any atom is 0.255 e. The number of nitrogens with zero attached hydrogens (tertiary/aromatic N) is 3. The van der Waals surface area contributed by atoms with Gasteiger partial charge in [-0.1, -0.05) is 41.7 Å². The van der Waals surface area contributed by atoms with Gasteiger partial charge in [0.2, 0.25) is 0 Å². The Balaban J connectivity index is 1.28. The first-order chi connectivity index (χ1) is 13.2. The molecule has 0 aliphatic carbocycles. The van der Waals surface area contributed by atoms with E-state index in [0.29, 0.717) is 11.3 Å². The maximum atomic E-state index is 12.3. The number of amides is 1. The van der Waals surface area contributed by atoms with Crippen molar-refractivity contribution >= 4 is 17.2 Å². The van der Waals surface area contributed by atoms with Crippen LogP contribution in [0.5, 0.6) is 0 Å². The highest BCUT2D eigenvalue weighted by molar-refractivity contribution is 7.14. The summed E-state index contributed by atoms with van der Waals surface area (Å²) in [6, 6.07) is 12.1. The summed E-state index contributed by atoms with van der Waals surface area (Å²) in [4.78, 5) is 14.7. The lowest BCUT2D eigenvalue weighted by Crippen LogP contribution is -2.44. The highest BCUT2D eigenvalue weighted by atomic mass is 32.1. The number of rotatable bonds is 5. The number of aromatic nitrogens is 2. The normalized spacial score (nSPS) is 15.7. The fourth-order valence-electron chi connectivity index (χ4n) is 3.33. The van der Waals surface area contributed by atoms with Crippen LogP contribution in [0.25, 0.3) is 10.6 Å². The van der Waals surface area contributed by atoms with Crippen molar-refractivity contribution in [3.8, 4) is 10.6 Å². The lowest BCUT2D eigenvalue weighted by atomic mass is 10.0. The van der Waals surface area contributed by atoms with Crippen LogP contribution in [0.15, 0.2) is 47.1 Å². The number of benzene rings is 1. The quantitative estimate of drug-likeness (QED) is 0.731. The molecular weight excluding hydrogens is 360 g/mol. The van der Waals surface area contributed by atoms with Gasteiger partial charge in [-0.05, 0) is 25.8 Å². The van der Waals surface area contributed by atoms with E-state index in [9.17, 15) is 4.79 Å². The first-order valence-corrected chi connectivity index (χ1v) is 9.96. The number of carbonyl (C=O) groups excluding carboxylic acids is 1. The van der Waals surface area contributed by atoms with Crippen LogP contribution >= 0.6 is 11.3 Å². The van der Waals surface area contributed by atoms with Crippen molar-refractivity contribution in [3.63, 3.8) is 0 Å². The molecule has 3 heterocycles. The minimum absolute atomic E-state index is 0.0451. The summed E-state index contributed by atoms with van der Waals surface area (Å²) >= 11 is 1.65. The summed E-state index contributed by atoms with van der Waals surface area (Å²) in [5.74, 6) is 0.617. The van der Waals surface area contributed by atoms with Gasteiger partial charge in [-0.3, -0.25) is 9.69 Å². The van der Waals surface area contributed by atoms with E-state index in [0.717, 1.165) is 48.1 Å². The van der Waals surface area contributed by atoms with Crippen molar-refractivity contribution < 1.29 is 9.21 Å². The zero-order valence-electron chi connectivity index (χ0n) is 15.2. The predicted octanol–water partition coefficient (Wildman–Crippen LogP) is 3.50. The summed E-state index contributed by atoms with van der Waals surface area (Å²) in [6.45, 7) is 4.50. The van der Waals surface area contributed by atoms with Crippen molar-refractivity contribution in [1.82, 2.24) is 20.4 Å². The molecule has 0 spiro atoms. The van der Waals surface area contributed by atoms with Gasteiger partial charge in [0.25, 0.3) is 5.91 Å². The van der Waals surface area contributed by atoms with Gasteiger partial charge in [-0.15, -0.1) is 10.2 Å². The third-order valence-corrected chi connectivity index (χ3v) is 5.83. The monoisotopic (exact) mass is 382 g/mol. The predicted molar refractivity (Wildman–Crippen MR) is 105 cm³/mol. The third-order valence-electron chi connectivity index (χ3n) is 4.87. The van der Waals surface area contributed by atoms with Gasteiger partial charge < -0.3 is 9.73 Å². The Kier molecular flexibility index (Phi) is 5.31. The van der Waals surface area contributed by atoms with Crippen LogP contribution < -0.4 is 5.32 Å². The second kappa shape index (κ2) is 8.02. The molecule has 7 heteroatoms. The topological polar surface area (TPSA) is 71.3 Å².